The van der Waals surface area contributed by atoms with E-state index in [0.717, 1.165) is 5.56 Å². The average molecular weight is 240 g/mol. The van der Waals surface area contributed by atoms with Crippen LogP contribution < -0.4 is 0 Å². The minimum Gasteiger partial charge on any atom is -0.257 e. The first kappa shape index (κ1) is 12.8. The van der Waals surface area contributed by atoms with Crippen molar-refractivity contribution in [3.8, 4) is 0 Å². The van der Waals surface area contributed by atoms with Crippen molar-refractivity contribution >= 4 is 10.8 Å². The molecule has 0 saturated carbocycles. The van der Waals surface area contributed by atoms with Crippen molar-refractivity contribution in [3.05, 3.63) is 40.8 Å². The second kappa shape index (κ2) is 6.37. The number of benzene rings is 1. The Kier molecular flexibility index (Phi) is 5.11. The molecule has 88 valence electrons. The normalized spacial score (nSPS) is 12.4. The van der Waals surface area contributed by atoms with E-state index in [1.807, 2.05) is 44.2 Å². The molecule has 5 heteroatoms. The monoisotopic (exact) mass is 240 g/mol. The van der Waals surface area contributed by atoms with Gasteiger partial charge >= 0.3 is 0 Å². The molecule has 1 aromatic rings. The Balaban J connectivity index is 2.50. The Bertz CT molecular complexity index is 354. The molecule has 0 aliphatic carbocycles. The molecule has 4 nitrogen and oxygen atoms in total. The number of nitroso groups, excluding NO2 is 1. The largest absolute Gasteiger partial charge is 0.257 e. The Morgan fingerprint density at radius 1 is 1.31 bits per heavy atom. The Morgan fingerprint density at radius 2 is 1.94 bits per heavy atom. The number of nitrogens with zero attached hydrogens (tertiary/aromatic N) is 2. The van der Waals surface area contributed by atoms with Gasteiger partial charge in [-0.15, -0.1) is 4.91 Å². The van der Waals surface area contributed by atoms with Crippen LogP contribution in [0.2, 0.25) is 0 Å². The molecular formula is C11H16N2O2S. The van der Waals surface area contributed by atoms with E-state index in [1.54, 1.807) is 0 Å². The summed E-state index contributed by atoms with van der Waals surface area (Å²) in [6.07, 6.45) is 0. The molecule has 1 aromatic carbocycles. The molecule has 0 radical (unpaired) electrons. The summed E-state index contributed by atoms with van der Waals surface area (Å²) in [5, 5.41) is 4.16. The second-order valence-electron chi connectivity index (χ2n) is 3.81. The minimum absolute atomic E-state index is 0.0165. The molecule has 0 spiro atoms. The van der Waals surface area contributed by atoms with E-state index in [0.29, 0.717) is 5.75 Å². The number of hydrogen-bond donors (Lipinski definition) is 0. The lowest BCUT2D eigenvalue weighted by atomic mass is 10.2. The number of rotatable bonds is 6. The lowest BCUT2D eigenvalue weighted by Crippen LogP contribution is -2.28. The molecule has 0 amide bonds. The van der Waals surface area contributed by atoms with Crippen LogP contribution in [0.5, 0.6) is 0 Å². The van der Waals surface area contributed by atoms with Crippen LogP contribution in [-0.2, 0) is 16.6 Å². The van der Waals surface area contributed by atoms with E-state index in [2.05, 4.69) is 5.29 Å². The molecule has 0 N–H and O–H groups in total. The lowest BCUT2D eigenvalue weighted by Gasteiger charge is -2.18. The first-order valence-corrected chi connectivity index (χ1v) is 6.61. The zero-order valence-corrected chi connectivity index (χ0v) is 10.3. The van der Waals surface area contributed by atoms with E-state index < -0.39 is 10.8 Å². The first-order chi connectivity index (χ1) is 7.63. The average Bonchev–Trinajstić information content (AvgIpc) is 2.27. The predicted octanol–water partition coefficient (Wildman–Crippen LogP) is 2.28. The molecule has 0 aliphatic heterocycles. The molecule has 1 rings (SSSR count). The van der Waals surface area contributed by atoms with E-state index >= 15 is 0 Å². The molecule has 16 heavy (non-hydrogen) atoms. The van der Waals surface area contributed by atoms with Crippen LogP contribution in [0.1, 0.15) is 19.4 Å². The standard InChI is InChI=1S/C11H16N2O2S/c1-10(2)13(12-14)9-16(15)8-11-6-4-3-5-7-11/h3-7,10H,8-9H2,1-2H3. The smallest absolute Gasteiger partial charge is 0.115 e. The Hall–Kier alpha value is -1.23. The summed E-state index contributed by atoms with van der Waals surface area (Å²) in [5.41, 5.74) is 1.01. The van der Waals surface area contributed by atoms with Gasteiger partial charge < -0.3 is 0 Å². The summed E-state index contributed by atoms with van der Waals surface area (Å²) in [6, 6.07) is 9.56. The van der Waals surface area contributed by atoms with Gasteiger partial charge in [0.05, 0.1) is 11.0 Å². The fourth-order valence-corrected chi connectivity index (χ4v) is 2.52. The Labute approximate surface area is 98.1 Å². The van der Waals surface area contributed by atoms with Gasteiger partial charge in [0.1, 0.15) is 5.88 Å². The lowest BCUT2D eigenvalue weighted by molar-refractivity contribution is 0.269. The zero-order chi connectivity index (χ0) is 12.0. The fraction of sp³-hybridized carbons (Fsp3) is 0.455. The summed E-state index contributed by atoms with van der Waals surface area (Å²) in [4.78, 5) is 10.5. The molecule has 0 aromatic heterocycles. The predicted molar refractivity (Wildman–Crippen MR) is 65.9 cm³/mol. The van der Waals surface area contributed by atoms with Crippen molar-refractivity contribution in [2.45, 2.75) is 25.6 Å². The third-order valence-electron chi connectivity index (χ3n) is 2.15. The summed E-state index contributed by atoms with van der Waals surface area (Å²) in [6.45, 7) is 3.70. The maximum absolute atomic E-state index is 11.8. The third kappa shape index (κ3) is 4.10. The van der Waals surface area contributed by atoms with Crippen molar-refractivity contribution in [1.82, 2.24) is 5.01 Å². The summed E-state index contributed by atoms with van der Waals surface area (Å²) < 4.78 is 11.8. The quantitative estimate of drug-likeness (QED) is 0.566. The van der Waals surface area contributed by atoms with E-state index in [-0.39, 0.29) is 11.9 Å². The van der Waals surface area contributed by atoms with Crippen LogP contribution in [0.4, 0.5) is 0 Å². The first-order valence-electron chi connectivity index (χ1n) is 5.12. The van der Waals surface area contributed by atoms with Crippen molar-refractivity contribution in [2.24, 2.45) is 5.29 Å². The second-order valence-corrected chi connectivity index (χ2v) is 5.24. The van der Waals surface area contributed by atoms with Gasteiger partial charge in [-0.3, -0.25) is 4.21 Å². The highest BCUT2D eigenvalue weighted by Gasteiger charge is 2.12. The molecule has 0 aliphatic rings. The van der Waals surface area contributed by atoms with Gasteiger partial charge in [-0.1, -0.05) is 30.3 Å². The summed E-state index contributed by atoms with van der Waals surface area (Å²) in [5.74, 6) is 0.648. The highest BCUT2D eigenvalue weighted by atomic mass is 32.2. The maximum Gasteiger partial charge on any atom is 0.115 e. The Morgan fingerprint density at radius 3 is 2.44 bits per heavy atom. The van der Waals surface area contributed by atoms with Gasteiger partial charge in [0.25, 0.3) is 0 Å². The summed E-state index contributed by atoms with van der Waals surface area (Å²) >= 11 is 0. The van der Waals surface area contributed by atoms with Crippen molar-refractivity contribution in [2.75, 3.05) is 5.88 Å². The molecule has 0 heterocycles. The van der Waals surface area contributed by atoms with Gasteiger partial charge in [0, 0.05) is 16.8 Å². The summed E-state index contributed by atoms with van der Waals surface area (Å²) in [7, 11) is -1.09. The van der Waals surface area contributed by atoms with Gasteiger partial charge in [0.2, 0.25) is 0 Å². The zero-order valence-electron chi connectivity index (χ0n) is 9.50. The van der Waals surface area contributed by atoms with E-state index in [4.69, 9.17) is 0 Å². The maximum atomic E-state index is 11.8. The van der Waals surface area contributed by atoms with Crippen LogP contribution in [0.25, 0.3) is 0 Å². The van der Waals surface area contributed by atoms with Gasteiger partial charge in [-0.25, -0.2) is 5.01 Å². The fourth-order valence-electron chi connectivity index (χ4n) is 1.22. The topological polar surface area (TPSA) is 49.7 Å². The van der Waals surface area contributed by atoms with Crippen LogP contribution in [-0.4, -0.2) is 21.1 Å². The third-order valence-corrected chi connectivity index (χ3v) is 3.36. The molecule has 1 unspecified atom stereocenters. The SMILES string of the molecule is CC(C)N(CS(=O)Cc1ccccc1)N=O. The highest BCUT2D eigenvalue weighted by molar-refractivity contribution is 7.84. The van der Waals surface area contributed by atoms with Gasteiger partial charge in [-0.2, -0.15) is 0 Å². The number of hydrogen-bond acceptors (Lipinski definition) is 3. The molecular weight excluding hydrogens is 224 g/mol. The molecule has 0 saturated heterocycles. The highest BCUT2D eigenvalue weighted by Crippen LogP contribution is 2.06. The van der Waals surface area contributed by atoms with E-state index in [1.165, 1.54) is 5.01 Å². The molecule has 0 bridgehead atoms. The van der Waals surface area contributed by atoms with Crippen LogP contribution >= 0.6 is 0 Å². The minimum atomic E-state index is -1.09. The van der Waals surface area contributed by atoms with E-state index in [9.17, 15) is 9.12 Å². The molecule has 1 atom stereocenters. The van der Waals surface area contributed by atoms with Gasteiger partial charge in [-0.05, 0) is 19.4 Å². The van der Waals surface area contributed by atoms with Crippen molar-refractivity contribution in [1.29, 1.82) is 0 Å². The van der Waals surface area contributed by atoms with Crippen molar-refractivity contribution in [3.63, 3.8) is 0 Å². The molecule has 0 fully saturated rings. The van der Waals surface area contributed by atoms with Crippen LogP contribution in [0.3, 0.4) is 0 Å². The van der Waals surface area contributed by atoms with Gasteiger partial charge in [0.15, 0.2) is 0 Å². The van der Waals surface area contributed by atoms with Crippen LogP contribution in [0.15, 0.2) is 35.6 Å². The van der Waals surface area contributed by atoms with Crippen molar-refractivity contribution < 1.29 is 4.21 Å². The van der Waals surface area contributed by atoms with Crippen LogP contribution in [0, 0.1) is 4.91 Å².